The zero-order valence-electron chi connectivity index (χ0n) is 37.0. The lowest BCUT2D eigenvalue weighted by molar-refractivity contribution is -0.161. The zero-order valence-corrected chi connectivity index (χ0v) is 37.0. The molecule has 0 bridgehead atoms. The van der Waals surface area contributed by atoms with Crippen LogP contribution >= 0.6 is 0 Å². The minimum absolute atomic E-state index is 0.0893. The van der Waals surface area contributed by atoms with Crippen LogP contribution in [-0.2, 0) is 19.1 Å². The van der Waals surface area contributed by atoms with Gasteiger partial charge in [0.2, 0.25) is 0 Å². The highest BCUT2D eigenvalue weighted by Gasteiger charge is 2.16. The molecule has 326 valence electrons. The van der Waals surface area contributed by atoms with E-state index in [0.717, 1.165) is 122 Å². The van der Waals surface area contributed by atoms with Crippen molar-refractivity contribution < 1.29 is 24.2 Å². The molecule has 5 heteroatoms. The van der Waals surface area contributed by atoms with Crippen molar-refractivity contribution in [2.45, 2.75) is 187 Å². The average Bonchev–Trinajstić information content (AvgIpc) is 3.23. The van der Waals surface area contributed by atoms with Crippen molar-refractivity contribution in [3.05, 3.63) is 122 Å². The van der Waals surface area contributed by atoms with E-state index in [1.54, 1.807) is 0 Å². The monoisotopic (exact) mass is 801 g/mol. The third-order valence-corrected chi connectivity index (χ3v) is 9.25. The van der Waals surface area contributed by atoms with E-state index in [0.29, 0.717) is 12.8 Å². The predicted octanol–water partition coefficient (Wildman–Crippen LogP) is 15.2. The fraction of sp³-hybridized carbons (Fsp3) is 0.585. The van der Waals surface area contributed by atoms with Crippen LogP contribution in [0.25, 0.3) is 0 Å². The van der Waals surface area contributed by atoms with E-state index in [1.165, 1.54) is 32.1 Å². The Bertz CT molecular complexity index is 1220. The maximum absolute atomic E-state index is 12.2. The summed E-state index contributed by atoms with van der Waals surface area (Å²) in [7, 11) is 0. The topological polar surface area (TPSA) is 72.8 Å². The van der Waals surface area contributed by atoms with Crippen LogP contribution in [0.2, 0.25) is 0 Å². The lowest BCUT2D eigenvalue weighted by atomic mass is 10.1. The van der Waals surface area contributed by atoms with Gasteiger partial charge < -0.3 is 14.6 Å². The van der Waals surface area contributed by atoms with Gasteiger partial charge in [0.25, 0.3) is 0 Å². The van der Waals surface area contributed by atoms with Gasteiger partial charge in [-0.2, -0.15) is 0 Å². The minimum atomic E-state index is -0.799. The van der Waals surface area contributed by atoms with E-state index in [2.05, 4.69) is 135 Å². The van der Waals surface area contributed by atoms with Crippen LogP contribution in [0.3, 0.4) is 0 Å². The second kappa shape index (κ2) is 47.7. The highest BCUT2D eigenvalue weighted by molar-refractivity contribution is 5.70. The number of hydrogen-bond donors (Lipinski definition) is 1. The molecule has 0 rings (SSSR count). The molecule has 1 N–H and O–H groups in total. The van der Waals surface area contributed by atoms with E-state index < -0.39 is 6.10 Å². The Morgan fingerprint density at radius 2 is 0.690 bits per heavy atom. The molecule has 0 aliphatic rings. The molecule has 0 fully saturated rings. The third kappa shape index (κ3) is 45.0. The van der Waals surface area contributed by atoms with Crippen LogP contribution in [0, 0.1) is 0 Å². The standard InChI is InChI=1S/C53H84O5/c1-3-5-7-9-11-13-15-17-19-21-23-25-26-28-30-32-34-36-38-40-42-44-46-48-53(56)58-51(49-54)50-57-52(55)47-45-43-41-39-37-35-33-31-29-27-24-22-20-18-16-14-12-10-8-6-4-2/h5-8,11-14,17-20,23-25,27-28,30,34,36,51,54H,3-4,9-10,15-16,21-22,26,29,31-33,35,37-50H2,1-2H3/b7-5-,8-6-,13-11-,14-12-,19-17-,20-18-,25-23-,27-24-,30-28-,36-34-. The smallest absolute Gasteiger partial charge is 0.306 e. The van der Waals surface area contributed by atoms with Crippen molar-refractivity contribution >= 4 is 11.9 Å². The molecule has 0 aromatic carbocycles. The normalized spacial score (nSPS) is 13.4. The summed E-state index contributed by atoms with van der Waals surface area (Å²) in [5, 5.41) is 9.60. The van der Waals surface area contributed by atoms with Crippen LogP contribution in [0.5, 0.6) is 0 Å². The van der Waals surface area contributed by atoms with E-state index in [9.17, 15) is 14.7 Å². The number of carbonyl (C=O) groups is 2. The molecule has 0 radical (unpaired) electrons. The molecule has 0 aromatic heterocycles. The molecular formula is C53H84O5. The third-order valence-electron chi connectivity index (χ3n) is 9.25. The van der Waals surface area contributed by atoms with Gasteiger partial charge in [-0.05, 0) is 103 Å². The van der Waals surface area contributed by atoms with E-state index >= 15 is 0 Å². The molecule has 1 unspecified atom stereocenters. The van der Waals surface area contributed by atoms with Crippen molar-refractivity contribution in [1.82, 2.24) is 0 Å². The SMILES string of the molecule is CC/C=C\C/C=C\C/C=C\C/C=C\C/C=C\C/C=C\CCCCCCC(=O)OC(CO)COC(=O)CCCCCCCCCC/C=C\C/C=C\C/C=C\C/C=C\CC. The molecule has 1 atom stereocenters. The van der Waals surface area contributed by atoms with Gasteiger partial charge in [0, 0.05) is 12.8 Å². The Hall–Kier alpha value is -3.70. The number of carbonyl (C=O) groups excluding carboxylic acids is 2. The van der Waals surface area contributed by atoms with Crippen LogP contribution in [0.4, 0.5) is 0 Å². The molecule has 5 nitrogen and oxygen atoms in total. The van der Waals surface area contributed by atoms with Crippen molar-refractivity contribution in [3.8, 4) is 0 Å². The average molecular weight is 801 g/mol. The Morgan fingerprint density at radius 3 is 1.03 bits per heavy atom. The first-order valence-corrected chi connectivity index (χ1v) is 23.1. The number of rotatable bonds is 40. The maximum Gasteiger partial charge on any atom is 0.306 e. The summed E-state index contributed by atoms with van der Waals surface area (Å²) in [6, 6.07) is 0. The highest BCUT2D eigenvalue weighted by Crippen LogP contribution is 2.12. The number of allylic oxidation sites excluding steroid dienone is 20. The summed E-state index contributed by atoms with van der Waals surface area (Å²) in [4.78, 5) is 24.4. The molecule has 0 amide bonds. The highest BCUT2D eigenvalue weighted by atomic mass is 16.6. The second-order valence-corrected chi connectivity index (χ2v) is 14.7. The summed E-state index contributed by atoms with van der Waals surface area (Å²) in [5.74, 6) is -0.640. The summed E-state index contributed by atoms with van der Waals surface area (Å²) in [6.07, 6.45) is 69.8. The molecule has 0 saturated heterocycles. The largest absolute Gasteiger partial charge is 0.462 e. The number of aliphatic hydroxyl groups is 1. The summed E-state index contributed by atoms with van der Waals surface area (Å²) >= 11 is 0. The Balaban J connectivity index is 3.66. The number of unbranched alkanes of at least 4 members (excludes halogenated alkanes) is 12. The van der Waals surface area contributed by atoms with Gasteiger partial charge in [-0.3, -0.25) is 9.59 Å². The van der Waals surface area contributed by atoms with Crippen molar-refractivity contribution in [2.24, 2.45) is 0 Å². The van der Waals surface area contributed by atoms with Crippen molar-refractivity contribution in [3.63, 3.8) is 0 Å². The molecular weight excluding hydrogens is 717 g/mol. The Labute approximate surface area is 356 Å². The molecule has 0 aromatic rings. The summed E-state index contributed by atoms with van der Waals surface area (Å²) in [6.45, 7) is 3.87. The van der Waals surface area contributed by atoms with Gasteiger partial charge in [0.05, 0.1) is 6.61 Å². The van der Waals surface area contributed by atoms with Gasteiger partial charge in [-0.15, -0.1) is 0 Å². The molecule has 0 aliphatic carbocycles. The summed E-state index contributed by atoms with van der Waals surface area (Å²) in [5.41, 5.74) is 0. The first-order valence-electron chi connectivity index (χ1n) is 23.1. The van der Waals surface area contributed by atoms with Crippen molar-refractivity contribution in [1.29, 1.82) is 0 Å². The van der Waals surface area contributed by atoms with Gasteiger partial charge in [0.15, 0.2) is 6.10 Å². The molecule has 0 spiro atoms. The van der Waals surface area contributed by atoms with E-state index in [1.807, 2.05) is 0 Å². The van der Waals surface area contributed by atoms with Crippen molar-refractivity contribution in [2.75, 3.05) is 13.2 Å². The Kier molecular flexibility index (Phi) is 44.6. The van der Waals surface area contributed by atoms with E-state index in [4.69, 9.17) is 9.47 Å². The van der Waals surface area contributed by atoms with Gasteiger partial charge in [0.1, 0.15) is 6.61 Å². The second-order valence-electron chi connectivity index (χ2n) is 14.7. The molecule has 0 heterocycles. The van der Waals surface area contributed by atoms with Gasteiger partial charge >= 0.3 is 11.9 Å². The Morgan fingerprint density at radius 1 is 0.397 bits per heavy atom. The summed E-state index contributed by atoms with van der Waals surface area (Å²) < 4.78 is 10.6. The fourth-order valence-electron chi connectivity index (χ4n) is 5.84. The van der Waals surface area contributed by atoms with Gasteiger partial charge in [-0.1, -0.05) is 187 Å². The predicted molar refractivity (Wildman–Crippen MR) is 251 cm³/mol. The molecule has 0 aliphatic heterocycles. The van der Waals surface area contributed by atoms with Crippen LogP contribution in [-0.4, -0.2) is 36.4 Å². The van der Waals surface area contributed by atoms with Crippen LogP contribution in [0.1, 0.15) is 181 Å². The van der Waals surface area contributed by atoms with Crippen LogP contribution in [0.15, 0.2) is 122 Å². The lowest BCUT2D eigenvalue weighted by Gasteiger charge is -2.15. The molecule has 0 saturated carbocycles. The molecule has 58 heavy (non-hydrogen) atoms. The zero-order chi connectivity index (χ0) is 42.1. The van der Waals surface area contributed by atoms with Crippen LogP contribution < -0.4 is 0 Å². The number of hydrogen-bond acceptors (Lipinski definition) is 5. The minimum Gasteiger partial charge on any atom is -0.462 e. The van der Waals surface area contributed by atoms with E-state index in [-0.39, 0.29) is 25.2 Å². The number of esters is 2. The number of aliphatic hydroxyl groups excluding tert-OH is 1. The lowest BCUT2D eigenvalue weighted by Crippen LogP contribution is -2.28. The van der Waals surface area contributed by atoms with Gasteiger partial charge in [-0.25, -0.2) is 0 Å². The fourth-order valence-corrected chi connectivity index (χ4v) is 5.84. The first kappa shape index (κ1) is 54.3. The quantitative estimate of drug-likeness (QED) is 0.0380. The maximum atomic E-state index is 12.2. The first-order chi connectivity index (χ1) is 28.6. The number of ether oxygens (including phenoxy) is 2.